The van der Waals surface area contributed by atoms with Crippen molar-refractivity contribution in [3.63, 3.8) is 0 Å². The smallest absolute Gasteiger partial charge is 0.0809 e. The molecule has 3 aliphatic carbocycles. The van der Waals surface area contributed by atoms with Crippen LogP contribution in [0.25, 0.3) is 0 Å². The molecule has 8 atom stereocenters. The molecule has 2 aromatic rings. The second-order valence-corrected chi connectivity index (χ2v) is 12.2. The maximum atomic E-state index is 6.97. The molecule has 7 rings (SSSR count). The Hall–Kier alpha value is -2.04. The molecule has 0 aromatic heterocycles. The van der Waals surface area contributed by atoms with Crippen LogP contribution in [0.15, 0.2) is 48.5 Å². The van der Waals surface area contributed by atoms with Crippen LogP contribution in [0.3, 0.4) is 0 Å². The van der Waals surface area contributed by atoms with Gasteiger partial charge in [0.15, 0.2) is 0 Å². The van der Waals surface area contributed by atoms with Crippen LogP contribution >= 0.6 is 0 Å². The summed E-state index contributed by atoms with van der Waals surface area (Å²) in [5, 5.41) is 0. The highest BCUT2D eigenvalue weighted by Crippen LogP contribution is 2.47. The quantitative estimate of drug-likeness (QED) is 0.479. The summed E-state index contributed by atoms with van der Waals surface area (Å²) >= 11 is 0. The summed E-state index contributed by atoms with van der Waals surface area (Å²) in [5.41, 5.74) is 5.45. The van der Waals surface area contributed by atoms with E-state index in [1.165, 1.54) is 73.9 Å². The van der Waals surface area contributed by atoms with Crippen LogP contribution in [0, 0.1) is 13.8 Å². The summed E-state index contributed by atoms with van der Waals surface area (Å²) in [6, 6.07) is 20.4. The van der Waals surface area contributed by atoms with Crippen LogP contribution in [0.2, 0.25) is 0 Å². The monoisotopic (exact) mass is 486 g/mol. The zero-order valence-electron chi connectivity index (χ0n) is 22.0. The molecule has 0 spiro atoms. The number of ether oxygens (including phenoxy) is 2. The summed E-state index contributed by atoms with van der Waals surface area (Å²) in [4.78, 5) is 5.63. The molecule has 2 saturated heterocycles. The van der Waals surface area contributed by atoms with Gasteiger partial charge < -0.3 is 19.3 Å². The van der Waals surface area contributed by atoms with E-state index in [2.05, 4.69) is 72.2 Å². The van der Waals surface area contributed by atoms with E-state index >= 15 is 0 Å². The SMILES string of the molecule is Cc1ccc(N2C3CCCCC3OC3CC4OC5CCCCC5N(c5ccc(C)cc5)C4CC32)cc1. The molecule has 3 saturated carbocycles. The van der Waals surface area contributed by atoms with Crippen LogP contribution in [-0.4, -0.2) is 48.6 Å². The fourth-order valence-corrected chi connectivity index (χ4v) is 8.22. The molecular weight excluding hydrogens is 444 g/mol. The number of rotatable bonds is 2. The number of morpholine rings is 2. The molecule has 4 nitrogen and oxygen atoms in total. The minimum atomic E-state index is 0.256. The van der Waals surface area contributed by atoms with Crippen molar-refractivity contribution in [1.29, 1.82) is 0 Å². The lowest BCUT2D eigenvalue weighted by Gasteiger charge is -2.61. The Labute approximate surface area is 217 Å². The second kappa shape index (κ2) is 9.36. The van der Waals surface area contributed by atoms with Crippen LogP contribution in [-0.2, 0) is 9.47 Å². The Bertz CT molecular complexity index is 969. The summed E-state index contributed by atoms with van der Waals surface area (Å²) in [7, 11) is 0. The lowest BCUT2D eigenvalue weighted by molar-refractivity contribution is -0.159. The first-order valence-electron chi connectivity index (χ1n) is 14.7. The molecular formula is C32H42N2O2. The van der Waals surface area contributed by atoms with Gasteiger partial charge in [-0.15, -0.1) is 0 Å². The third-order valence-electron chi connectivity index (χ3n) is 9.93. The molecule has 2 aliphatic heterocycles. The minimum Gasteiger partial charge on any atom is -0.371 e. The molecule has 5 aliphatic rings. The van der Waals surface area contributed by atoms with Gasteiger partial charge >= 0.3 is 0 Å². The van der Waals surface area contributed by atoms with Crippen molar-refractivity contribution in [2.75, 3.05) is 9.80 Å². The minimum absolute atomic E-state index is 0.256. The predicted molar refractivity (Wildman–Crippen MR) is 146 cm³/mol. The lowest BCUT2D eigenvalue weighted by Crippen LogP contribution is -2.71. The van der Waals surface area contributed by atoms with E-state index in [0.29, 0.717) is 36.4 Å². The van der Waals surface area contributed by atoms with Crippen LogP contribution in [0.1, 0.15) is 75.3 Å². The molecule has 5 fully saturated rings. The number of benzene rings is 2. The number of anilines is 2. The molecule has 4 heteroatoms. The standard InChI is InChI=1S/C32H42N2O2/c1-21-11-15-23(16-12-21)33-25-7-3-5-9-29(25)35-31-20-32-28(19-27(31)33)34(24-17-13-22(2)14-18-24)26-8-4-6-10-30(26)36-32/h11-18,25-32H,3-10,19-20H2,1-2H3. The van der Waals surface area contributed by atoms with Gasteiger partial charge in [0.05, 0.1) is 48.6 Å². The van der Waals surface area contributed by atoms with Gasteiger partial charge in [0.1, 0.15) is 0 Å². The predicted octanol–water partition coefficient (Wildman–Crippen LogP) is 6.57. The number of fused-ring (bicyclic) bond motifs is 4. The highest BCUT2D eigenvalue weighted by Gasteiger charge is 2.54. The highest BCUT2D eigenvalue weighted by atomic mass is 16.5. The fraction of sp³-hybridized carbons (Fsp3) is 0.625. The van der Waals surface area contributed by atoms with Gasteiger partial charge in [-0.3, -0.25) is 0 Å². The molecule has 36 heavy (non-hydrogen) atoms. The first-order valence-corrected chi connectivity index (χ1v) is 14.7. The zero-order valence-corrected chi connectivity index (χ0v) is 22.0. The van der Waals surface area contributed by atoms with E-state index < -0.39 is 0 Å². The van der Waals surface area contributed by atoms with Gasteiger partial charge in [-0.2, -0.15) is 0 Å². The van der Waals surface area contributed by atoms with Crippen molar-refractivity contribution in [2.24, 2.45) is 0 Å². The maximum absolute atomic E-state index is 6.97. The number of aryl methyl sites for hydroxylation is 2. The van der Waals surface area contributed by atoms with E-state index in [0.717, 1.165) is 12.8 Å². The molecule has 8 unspecified atom stereocenters. The lowest BCUT2D eigenvalue weighted by atomic mass is 9.76. The first kappa shape index (κ1) is 23.1. The largest absolute Gasteiger partial charge is 0.371 e. The average molecular weight is 487 g/mol. The fourth-order valence-electron chi connectivity index (χ4n) is 8.22. The van der Waals surface area contributed by atoms with E-state index in [4.69, 9.17) is 9.47 Å². The number of hydrogen-bond donors (Lipinski definition) is 0. The van der Waals surface area contributed by atoms with Gasteiger partial charge in [0.25, 0.3) is 0 Å². The third-order valence-corrected chi connectivity index (χ3v) is 9.93. The van der Waals surface area contributed by atoms with Crippen molar-refractivity contribution in [1.82, 2.24) is 0 Å². The van der Waals surface area contributed by atoms with Crippen molar-refractivity contribution in [3.8, 4) is 0 Å². The maximum Gasteiger partial charge on any atom is 0.0809 e. The third kappa shape index (κ3) is 3.96. The Kier molecular flexibility index (Phi) is 6.01. The zero-order chi connectivity index (χ0) is 24.2. The van der Waals surface area contributed by atoms with E-state index in [1.54, 1.807) is 0 Å². The van der Waals surface area contributed by atoms with Crippen LogP contribution in [0.5, 0.6) is 0 Å². The molecule has 0 radical (unpaired) electrons. The van der Waals surface area contributed by atoms with Gasteiger partial charge in [0.2, 0.25) is 0 Å². The van der Waals surface area contributed by atoms with Crippen molar-refractivity contribution in [2.45, 2.75) is 127 Å². The van der Waals surface area contributed by atoms with Gasteiger partial charge in [0, 0.05) is 17.8 Å². The van der Waals surface area contributed by atoms with Crippen LogP contribution < -0.4 is 9.80 Å². The molecule has 192 valence electrons. The second-order valence-electron chi connectivity index (χ2n) is 12.2. The Morgan fingerprint density at radius 3 is 1.36 bits per heavy atom. The normalized spacial score (nSPS) is 37.9. The van der Waals surface area contributed by atoms with Gasteiger partial charge in [-0.05, 0) is 70.2 Å². The summed E-state index contributed by atoms with van der Waals surface area (Å²) < 4.78 is 13.9. The van der Waals surface area contributed by atoms with Gasteiger partial charge in [-0.25, -0.2) is 0 Å². The summed E-state index contributed by atoms with van der Waals surface area (Å²) in [5.74, 6) is 0. The molecule has 0 N–H and O–H groups in total. The van der Waals surface area contributed by atoms with Crippen molar-refractivity contribution in [3.05, 3.63) is 59.7 Å². The van der Waals surface area contributed by atoms with E-state index in [9.17, 15) is 0 Å². The highest BCUT2D eigenvalue weighted by molar-refractivity contribution is 5.54. The van der Waals surface area contributed by atoms with Crippen LogP contribution in [0.4, 0.5) is 11.4 Å². The Balaban J connectivity index is 1.26. The first-order chi connectivity index (χ1) is 17.7. The topological polar surface area (TPSA) is 24.9 Å². The molecule has 0 amide bonds. The molecule has 2 aromatic carbocycles. The van der Waals surface area contributed by atoms with Gasteiger partial charge in [-0.1, -0.05) is 61.1 Å². The number of nitrogens with zero attached hydrogens (tertiary/aromatic N) is 2. The van der Waals surface area contributed by atoms with Crippen molar-refractivity contribution >= 4 is 11.4 Å². The summed E-state index contributed by atoms with van der Waals surface area (Å²) in [6.45, 7) is 4.39. The molecule has 0 bridgehead atoms. The number of hydrogen-bond acceptors (Lipinski definition) is 4. The van der Waals surface area contributed by atoms with Crippen molar-refractivity contribution < 1.29 is 9.47 Å². The summed E-state index contributed by atoms with van der Waals surface area (Å²) in [6.07, 6.45) is 13.5. The molecule has 2 heterocycles. The Morgan fingerprint density at radius 2 is 0.917 bits per heavy atom. The Morgan fingerprint density at radius 1 is 0.500 bits per heavy atom. The van der Waals surface area contributed by atoms with E-state index in [-0.39, 0.29) is 12.2 Å². The average Bonchev–Trinajstić information content (AvgIpc) is 2.91. The van der Waals surface area contributed by atoms with E-state index in [1.807, 2.05) is 0 Å².